The van der Waals surface area contributed by atoms with Gasteiger partial charge in [0.05, 0.1) is 22.2 Å². The lowest BCUT2D eigenvalue weighted by atomic mass is 10.2. The van der Waals surface area contributed by atoms with Gasteiger partial charge in [-0.3, -0.25) is 0 Å². The Morgan fingerprint density at radius 3 is 2.78 bits per heavy atom. The first-order valence-corrected chi connectivity index (χ1v) is 8.86. The number of fused-ring (bicyclic) bond motifs is 3. The molecule has 1 atom stereocenters. The molecule has 2 nitrogen and oxygen atoms in total. The second-order valence-corrected chi connectivity index (χ2v) is 7.93. The molecule has 0 saturated carbocycles. The Kier molecular flexibility index (Phi) is 3.20. The maximum atomic E-state index is 14.6. The summed E-state index contributed by atoms with van der Waals surface area (Å²) in [6.07, 6.45) is 0. The molecule has 0 aliphatic rings. The highest BCUT2D eigenvalue weighted by atomic mass is 35.5. The molecule has 0 fully saturated rings. The SMILES string of the molecule is Cc1cc(C#N)cc(-p2ccc3[nH]c4ccc(Cl)c(F)c4c32)c1. The second kappa shape index (κ2) is 5.13. The summed E-state index contributed by atoms with van der Waals surface area (Å²) in [5, 5.41) is 11.9. The molecule has 1 N–H and O–H groups in total. The minimum absolute atomic E-state index is 0.128. The zero-order chi connectivity index (χ0) is 16.1. The van der Waals surface area contributed by atoms with Crippen molar-refractivity contribution >= 4 is 40.7 Å². The van der Waals surface area contributed by atoms with Crippen molar-refractivity contribution in [1.82, 2.24) is 4.98 Å². The highest BCUT2D eigenvalue weighted by molar-refractivity contribution is 7.62. The van der Waals surface area contributed by atoms with Gasteiger partial charge < -0.3 is 4.98 Å². The molecule has 0 amide bonds. The molecule has 0 radical (unpaired) electrons. The van der Waals surface area contributed by atoms with Crippen molar-refractivity contribution < 1.29 is 4.39 Å². The van der Waals surface area contributed by atoms with E-state index in [9.17, 15) is 9.65 Å². The number of halogens is 2. The molecule has 2 aromatic heterocycles. The largest absolute Gasteiger partial charge is 0.354 e. The van der Waals surface area contributed by atoms with E-state index in [-0.39, 0.29) is 10.8 Å². The standard InChI is InChI=1S/C18H11ClFN2P/c1-10-6-11(9-21)8-12(7-10)23-5-4-15-18(23)16-14(22-15)3-2-13(19)17(16)20/h2-8,22H,1H3. The first-order valence-electron chi connectivity index (χ1n) is 7.07. The summed E-state index contributed by atoms with van der Waals surface area (Å²) in [6.45, 7) is 1.97. The molecular formula is C18H11ClFN2P. The predicted molar refractivity (Wildman–Crippen MR) is 94.3 cm³/mol. The van der Waals surface area contributed by atoms with Crippen molar-refractivity contribution in [3.05, 3.63) is 64.2 Å². The summed E-state index contributed by atoms with van der Waals surface area (Å²) in [7, 11) is -0.847. The average Bonchev–Trinajstić information content (AvgIpc) is 3.09. The van der Waals surface area contributed by atoms with Gasteiger partial charge in [0.2, 0.25) is 0 Å². The minimum Gasteiger partial charge on any atom is -0.354 e. The zero-order valence-corrected chi connectivity index (χ0v) is 13.8. The fourth-order valence-electron chi connectivity index (χ4n) is 3.00. The van der Waals surface area contributed by atoms with Gasteiger partial charge in [-0.05, 0) is 54.7 Å². The molecule has 4 rings (SSSR count). The highest BCUT2D eigenvalue weighted by Crippen LogP contribution is 2.51. The summed E-state index contributed by atoms with van der Waals surface area (Å²) in [6, 6.07) is 13.4. The number of benzene rings is 2. The predicted octanol–water partition coefficient (Wildman–Crippen LogP) is 6.27. The summed E-state index contributed by atoms with van der Waals surface area (Å²) in [5.41, 5.74) is 3.33. The summed E-state index contributed by atoms with van der Waals surface area (Å²) >= 11 is 5.97. The molecule has 112 valence electrons. The molecule has 0 bridgehead atoms. The quantitative estimate of drug-likeness (QED) is 0.436. The average molecular weight is 341 g/mol. The highest BCUT2D eigenvalue weighted by Gasteiger charge is 2.17. The summed E-state index contributed by atoms with van der Waals surface area (Å²) < 4.78 is 14.6. The Bertz CT molecular complexity index is 1120. The maximum Gasteiger partial charge on any atom is 0.152 e. The number of rotatable bonds is 1. The van der Waals surface area contributed by atoms with Crippen LogP contribution in [-0.2, 0) is 0 Å². The van der Waals surface area contributed by atoms with Crippen LogP contribution in [0.2, 0.25) is 5.02 Å². The number of aromatic amines is 1. The summed E-state index contributed by atoms with van der Waals surface area (Å²) in [4.78, 5) is 3.25. The number of H-pyrrole nitrogens is 1. The number of aromatic nitrogens is 1. The van der Waals surface area contributed by atoms with Crippen LogP contribution in [0.1, 0.15) is 11.1 Å². The monoisotopic (exact) mass is 340 g/mol. The van der Waals surface area contributed by atoms with Crippen molar-refractivity contribution in [2.45, 2.75) is 6.92 Å². The van der Waals surface area contributed by atoms with E-state index in [2.05, 4.69) is 22.9 Å². The maximum absolute atomic E-state index is 14.6. The lowest BCUT2D eigenvalue weighted by molar-refractivity contribution is 0.641. The Labute approximate surface area is 138 Å². The molecule has 0 spiro atoms. The topological polar surface area (TPSA) is 39.6 Å². The van der Waals surface area contributed by atoms with E-state index in [0.717, 1.165) is 27.0 Å². The number of nitriles is 1. The van der Waals surface area contributed by atoms with Crippen molar-refractivity contribution in [2.24, 2.45) is 0 Å². The lowest BCUT2D eigenvalue weighted by Crippen LogP contribution is -1.80. The number of hydrogen-bond donors (Lipinski definition) is 1. The van der Waals surface area contributed by atoms with Gasteiger partial charge in [0, 0.05) is 21.3 Å². The second-order valence-electron chi connectivity index (χ2n) is 5.53. The van der Waals surface area contributed by atoms with Gasteiger partial charge in [0.1, 0.15) is 0 Å². The van der Waals surface area contributed by atoms with E-state index in [1.807, 2.05) is 25.1 Å². The first kappa shape index (κ1) is 14.3. The molecule has 0 aliphatic heterocycles. The molecule has 0 saturated heterocycles. The lowest BCUT2D eigenvalue weighted by Gasteiger charge is -2.05. The van der Waals surface area contributed by atoms with Gasteiger partial charge in [-0.1, -0.05) is 19.1 Å². The Hall–Kier alpha value is -2.27. The van der Waals surface area contributed by atoms with Crippen molar-refractivity contribution in [3.8, 4) is 11.4 Å². The third kappa shape index (κ3) is 2.15. The van der Waals surface area contributed by atoms with Crippen LogP contribution in [0.4, 0.5) is 4.39 Å². The number of nitrogens with one attached hydrogen (secondary N) is 1. The Balaban J connectivity index is 2.11. The van der Waals surface area contributed by atoms with E-state index >= 15 is 0 Å². The van der Waals surface area contributed by atoms with Gasteiger partial charge in [-0.2, -0.15) is 5.26 Å². The summed E-state index contributed by atoms with van der Waals surface area (Å²) in [5.74, 6) is 1.71. The minimum atomic E-state index is -0.847. The van der Waals surface area contributed by atoms with Crippen LogP contribution in [0.15, 0.2) is 42.2 Å². The normalized spacial score (nSPS) is 12.0. The van der Waals surface area contributed by atoms with Gasteiger partial charge in [0.15, 0.2) is 5.82 Å². The number of hydrogen-bond acceptors (Lipinski definition) is 1. The third-order valence-electron chi connectivity index (χ3n) is 3.96. The van der Waals surface area contributed by atoms with Crippen molar-refractivity contribution in [3.63, 3.8) is 0 Å². The van der Waals surface area contributed by atoms with Crippen LogP contribution in [0, 0.1) is 24.1 Å². The molecule has 5 heteroatoms. The molecule has 4 aromatic rings. The number of aryl methyl sites for hydroxylation is 1. The molecular weight excluding hydrogens is 330 g/mol. The molecule has 2 heterocycles. The molecule has 23 heavy (non-hydrogen) atoms. The van der Waals surface area contributed by atoms with E-state index in [4.69, 9.17) is 11.6 Å². The van der Waals surface area contributed by atoms with Gasteiger partial charge in [0.25, 0.3) is 0 Å². The molecule has 2 aromatic carbocycles. The molecule has 1 unspecified atom stereocenters. The van der Waals surface area contributed by atoms with E-state index in [1.165, 1.54) is 0 Å². The Morgan fingerprint density at radius 1 is 1.17 bits per heavy atom. The fraction of sp³-hybridized carbons (Fsp3) is 0.0556. The van der Waals surface area contributed by atoms with Crippen LogP contribution in [-0.4, -0.2) is 4.98 Å². The van der Waals surface area contributed by atoms with Gasteiger partial charge >= 0.3 is 0 Å². The van der Waals surface area contributed by atoms with Crippen LogP contribution in [0.5, 0.6) is 0 Å². The number of nitrogens with zero attached hydrogens (tertiary/aromatic N) is 1. The first-order chi connectivity index (χ1) is 11.1. The Morgan fingerprint density at radius 2 is 2.00 bits per heavy atom. The van der Waals surface area contributed by atoms with Gasteiger partial charge in [-0.25, -0.2) is 4.39 Å². The third-order valence-corrected chi connectivity index (χ3v) is 6.46. The molecule has 0 aliphatic carbocycles. The fourth-order valence-corrected chi connectivity index (χ4v) is 5.51. The van der Waals surface area contributed by atoms with Crippen molar-refractivity contribution in [2.75, 3.05) is 0 Å². The van der Waals surface area contributed by atoms with E-state index in [0.29, 0.717) is 10.9 Å². The zero-order valence-electron chi connectivity index (χ0n) is 12.2. The van der Waals surface area contributed by atoms with Crippen LogP contribution in [0.3, 0.4) is 0 Å². The van der Waals surface area contributed by atoms with E-state index in [1.54, 1.807) is 12.1 Å². The smallest absolute Gasteiger partial charge is 0.152 e. The van der Waals surface area contributed by atoms with Crippen molar-refractivity contribution in [1.29, 1.82) is 5.26 Å². The van der Waals surface area contributed by atoms with Crippen LogP contribution >= 0.6 is 19.1 Å². The van der Waals surface area contributed by atoms with Crippen LogP contribution in [0.25, 0.3) is 26.8 Å². The van der Waals surface area contributed by atoms with E-state index < -0.39 is 7.53 Å². The van der Waals surface area contributed by atoms with Gasteiger partial charge in [-0.15, -0.1) is 0 Å². The van der Waals surface area contributed by atoms with Crippen LogP contribution < -0.4 is 0 Å².